The Bertz CT molecular complexity index is 766. The van der Waals surface area contributed by atoms with Gasteiger partial charge in [-0.3, -0.25) is 0 Å². The van der Waals surface area contributed by atoms with Crippen LogP contribution in [0.5, 0.6) is 0 Å². The number of carbonyl (C=O) groups excluding carboxylic acids is 2. The molecule has 6 heteroatoms. The molecule has 4 amide bonds. The third-order valence-corrected chi connectivity index (χ3v) is 4.65. The lowest BCUT2D eigenvalue weighted by atomic mass is 10.1. The molecule has 2 fully saturated rings. The van der Waals surface area contributed by atoms with Crippen molar-refractivity contribution in [3.63, 3.8) is 0 Å². The van der Waals surface area contributed by atoms with Crippen LogP contribution in [0.4, 0.5) is 21.0 Å². The molecular weight excluding hydrogens is 304 g/mol. The molecule has 2 aliphatic rings. The van der Waals surface area contributed by atoms with Gasteiger partial charge in [0, 0.05) is 35.9 Å². The molecule has 6 nitrogen and oxygen atoms in total. The van der Waals surface area contributed by atoms with Gasteiger partial charge in [0.25, 0.3) is 0 Å². The molecule has 0 bridgehead atoms. The maximum absolute atomic E-state index is 12.2. The molecule has 2 aromatic carbocycles. The van der Waals surface area contributed by atoms with E-state index in [-0.39, 0.29) is 12.1 Å². The van der Waals surface area contributed by atoms with Gasteiger partial charge in [0.1, 0.15) is 0 Å². The Balaban J connectivity index is 1.61. The Morgan fingerprint density at radius 3 is 1.54 bits per heavy atom. The van der Waals surface area contributed by atoms with Crippen LogP contribution in [-0.2, 0) is 0 Å². The second kappa shape index (κ2) is 5.40. The molecule has 0 unspecified atom stereocenters. The van der Waals surface area contributed by atoms with E-state index in [1.807, 2.05) is 50.2 Å². The topological polar surface area (TPSA) is 64.2 Å². The van der Waals surface area contributed by atoms with Crippen LogP contribution in [0.1, 0.15) is 13.8 Å². The molecule has 0 aliphatic carbocycles. The third-order valence-electron chi connectivity index (χ3n) is 4.65. The van der Waals surface area contributed by atoms with Crippen molar-refractivity contribution in [2.75, 3.05) is 23.7 Å². The number of nitrogens with one attached hydrogen (secondary N) is 2. The van der Waals surface area contributed by atoms with Crippen molar-refractivity contribution in [2.24, 2.45) is 0 Å². The van der Waals surface area contributed by atoms with Crippen molar-refractivity contribution in [1.82, 2.24) is 9.80 Å². The van der Waals surface area contributed by atoms with Crippen LogP contribution in [0.25, 0.3) is 10.8 Å². The Kier molecular flexibility index (Phi) is 3.33. The molecule has 2 aliphatic heterocycles. The lowest BCUT2D eigenvalue weighted by Gasteiger charge is -2.13. The van der Waals surface area contributed by atoms with Crippen molar-refractivity contribution < 1.29 is 9.59 Å². The molecule has 0 spiro atoms. The summed E-state index contributed by atoms with van der Waals surface area (Å²) in [6.45, 7) is 5.63. The monoisotopic (exact) mass is 324 g/mol. The number of hydrogen-bond donors (Lipinski definition) is 2. The van der Waals surface area contributed by atoms with Crippen molar-refractivity contribution >= 4 is 34.2 Å². The molecule has 2 aromatic rings. The number of carbonyl (C=O) groups is 2. The average Bonchev–Trinajstić information content (AvgIpc) is 3.46. The summed E-state index contributed by atoms with van der Waals surface area (Å²) in [6, 6.07) is 11.9. The Hall–Kier alpha value is -2.76. The molecule has 24 heavy (non-hydrogen) atoms. The predicted octanol–water partition coefficient (Wildman–Crippen LogP) is 3.31. The van der Waals surface area contributed by atoms with Gasteiger partial charge in [-0.15, -0.1) is 0 Å². The van der Waals surface area contributed by atoms with Gasteiger partial charge in [-0.05, 0) is 26.0 Å². The Labute approximate surface area is 140 Å². The maximum Gasteiger partial charge on any atom is 0.322 e. The number of rotatable bonds is 2. The molecule has 2 saturated heterocycles. The van der Waals surface area contributed by atoms with Crippen LogP contribution in [0.2, 0.25) is 0 Å². The highest BCUT2D eigenvalue weighted by molar-refractivity contribution is 6.09. The average molecular weight is 324 g/mol. The number of nitrogens with zero attached hydrogens (tertiary/aromatic N) is 2. The van der Waals surface area contributed by atoms with Crippen LogP contribution in [-0.4, -0.2) is 47.0 Å². The van der Waals surface area contributed by atoms with Gasteiger partial charge < -0.3 is 20.4 Å². The highest BCUT2D eigenvalue weighted by Crippen LogP contribution is 2.31. The van der Waals surface area contributed by atoms with E-state index in [2.05, 4.69) is 10.6 Å². The summed E-state index contributed by atoms with van der Waals surface area (Å²) in [4.78, 5) is 27.9. The fraction of sp³-hybridized carbons (Fsp3) is 0.333. The molecule has 0 radical (unpaired) electrons. The molecule has 0 aromatic heterocycles. The zero-order valence-corrected chi connectivity index (χ0v) is 13.7. The van der Waals surface area contributed by atoms with Gasteiger partial charge >= 0.3 is 12.1 Å². The van der Waals surface area contributed by atoms with Gasteiger partial charge in [-0.1, -0.05) is 24.3 Å². The smallest absolute Gasteiger partial charge is 0.318 e. The summed E-state index contributed by atoms with van der Waals surface area (Å²) in [5, 5.41) is 7.76. The quantitative estimate of drug-likeness (QED) is 0.832. The Morgan fingerprint density at radius 1 is 0.833 bits per heavy atom. The van der Waals surface area contributed by atoms with Crippen LogP contribution in [0.3, 0.4) is 0 Å². The zero-order valence-electron chi connectivity index (χ0n) is 13.7. The summed E-state index contributed by atoms with van der Waals surface area (Å²) in [7, 11) is 0. The second-order valence-electron chi connectivity index (χ2n) is 6.57. The van der Waals surface area contributed by atoms with Gasteiger partial charge in [-0.25, -0.2) is 9.59 Å². The number of amides is 4. The largest absolute Gasteiger partial charge is 0.322 e. The molecule has 2 heterocycles. The standard InChI is InChI=1S/C18H20N4O2/c1-11-9-21(11)17(23)19-15-7-3-6-14-13(15)5-4-8-16(14)20-18(24)22-10-12(22)2/h3-8,11-12H,9-10H2,1-2H3,(H,19,23)(H,20,24)/t11-,12+,21?,22?. The van der Waals surface area contributed by atoms with Crippen LogP contribution >= 0.6 is 0 Å². The number of fused-ring (bicyclic) bond motifs is 1. The highest BCUT2D eigenvalue weighted by Gasteiger charge is 2.35. The lowest BCUT2D eigenvalue weighted by molar-refractivity contribution is 0.239. The molecule has 4 rings (SSSR count). The molecule has 2 N–H and O–H groups in total. The first kappa shape index (κ1) is 14.8. The molecule has 124 valence electrons. The van der Waals surface area contributed by atoms with Gasteiger partial charge in [0.15, 0.2) is 0 Å². The van der Waals surface area contributed by atoms with E-state index in [4.69, 9.17) is 0 Å². The van der Waals surface area contributed by atoms with E-state index in [0.717, 1.165) is 35.2 Å². The first-order chi connectivity index (χ1) is 11.5. The van der Waals surface area contributed by atoms with Gasteiger partial charge in [-0.2, -0.15) is 0 Å². The van der Waals surface area contributed by atoms with E-state index < -0.39 is 0 Å². The summed E-state index contributed by atoms with van der Waals surface area (Å²) >= 11 is 0. The van der Waals surface area contributed by atoms with Crippen molar-refractivity contribution in [3.05, 3.63) is 36.4 Å². The Morgan fingerprint density at radius 2 is 1.21 bits per heavy atom. The maximum atomic E-state index is 12.2. The van der Waals surface area contributed by atoms with Crippen molar-refractivity contribution in [3.8, 4) is 0 Å². The van der Waals surface area contributed by atoms with E-state index in [0.29, 0.717) is 12.1 Å². The normalized spacial score (nSPS) is 21.6. The van der Waals surface area contributed by atoms with Crippen LogP contribution < -0.4 is 10.6 Å². The van der Waals surface area contributed by atoms with Crippen molar-refractivity contribution in [1.29, 1.82) is 0 Å². The minimum absolute atomic E-state index is 0.0812. The third kappa shape index (κ3) is 2.64. The molecule has 2 atom stereocenters. The summed E-state index contributed by atoms with van der Waals surface area (Å²) in [5.41, 5.74) is 1.51. The van der Waals surface area contributed by atoms with E-state index in [1.54, 1.807) is 9.80 Å². The minimum atomic E-state index is -0.0812. The molecule has 0 saturated carbocycles. The number of benzene rings is 2. The SMILES string of the molecule is C[C@@H]1CN1C(=O)Nc1cccc2c(NC(=O)N3C[C@@H]3C)cccc12. The summed E-state index contributed by atoms with van der Waals surface area (Å²) in [6.07, 6.45) is 0. The van der Waals surface area contributed by atoms with E-state index >= 15 is 0 Å². The second-order valence-corrected chi connectivity index (χ2v) is 6.57. The first-order valence-corrected chi connectivity index (χ1v) is 8.21. The zero-order chi connectivity index (χ0) is 16.8. The fourth-order valence-electron chi connectivity index (χ4n) is 2.94. The summed E-state index contributed by atoms with van der Waals surface area (Å²) in [5.74, 6) is 0. The lowest BCUT2D eigenvalue weighted by Crippen LogP contribution is -2.21. The van der Waals surface area contributed by atoms with E-state index in [9.17, 15) is 9.59 Å². The van der Waals surface area contributed by atoms with E-state index in [1.165, 1.54) is 0 Å². The highest BCUT2D eigenvalue weighted by atomic mass is 16.2. The van der Waals surface area contributed by atoms with Gasteiger partial charge in [0.05, 0.1) is 11.4 Å². The fourth-order valence-corrected chi connectivity index (χ4v) is 2.94. The van der Waals surface area contributed by atoms with Crippen molar-refractivity contribution in [2.45, 2.75) is 25.9 Å². The van der Waals surface area contributed by atoms with Crippen LogP contribution in [0, 0.1) is 0 Å². The minimum Gasteiger partial charge on any atom is -0.318 e. The number of hydrogen-bond acceptors (Lipinski definition) is 2. The summed E-state index contributed by atoms with van der Waals surface area (Å²) < 4.78 is 0. The molecular formula is C18H20N4O2. The predicted molar refractivity (Wildman–Crippen MR) is 94.3 cm³/mol. The first-order valence-electron chi connectivity index (χ1n) is 8.21. The van der Waals surface area contributed by atoms with Gasteiger partial charge in [0.2, 0.25) is 0 Å². The number of urea groups is 2. The number of anilines is 2. The van der Waals surface area contributed by atoms with Crippen LogP contribution in [0.15, 0.2) is 36.4 Å².